The number of isocyanates is 2. The number of fused-ring (bicyclic) bond motifs is 8. The summed E-state index contributed by atoms with van der Waals surface area (Å²) in [7, 11) is 0. The van der Waals surface area contributed by atoms with Crippen LogP contribution < -0.4 is 50.1 Å². The highest BCUT2D eigenvalue weighted by Gasteiger charge is 2.54. The fourth-order valence-electron chi connectivity index (χ4n) is 18.7. The molecule has 3 amide bonds. The van der Waals surface area contributed by atoms with Crippen molar-refractivity contribution in [2.75, 3.05) is 39.3 Å². The number of thioether (sulfide) groups is 8. The Morgan fingerprint density at radius 3 is 0.777 bits per heavy atom. The number of ether oxygens (including phenoxy) is 4. The van der Waals surface area contributed by atoms with Gasteiger partial charge in [-0.05, 0) is 154 Å². The fourth-order valence-corrected chi connectivity index (χ4v) is 31.4. The lowest BCUT2D eigenvalue weighted by Gasteiger charge is -2.26. The van der Waals surface area contributed by atoms with Crippen molar-refractivity contribution in [1.82, 2.24) is 43.4 Å². The summed E-state index contributed by atoms with van der Waals surface area (Å²) in [6, 6.07) is 41.9. The Hall–Kier alpha value is -10.8. The largest absolute Gasteiger partial charge is 0.445 e. The third-order valence-electron chi connectivity index (χ3n) is 27.1. The number of rotatable bonds is 61. The maximum absolute atomic E-state index is 13.9. The number of hydrogen-bond acceptors (Lipinski definition) is 31. The van der Waals surface area contributed by atoms with Gasteiger partial charge in [0.2, 0.25) is 12.2 Å². The molecule has 788 valence electrons. The van der Waals surface area contributed by atoms with Crippen LogP contribution in [0.15, 0.2) is 184 Å². The molecule has 0 spiro atoms. The van der Waals surface area contributed by atoms with Gasteiger partial charge in [0.15, 0.2) is 16.3 Å². The lowest BCUT2D eigenvalue weighted by atomic mass is 10.1. The van der Waals surface area contributed by atoms with Gasteiger partial charge in [-0.1, -0.05) is 216 Å². The van der Waals surface area contributed by atoms with Gasteiger partial charge in [0.05, 0.1) is 44.0 Å². The van der Waals surface area contributed by atoms with Gasteiger partial charge < -0.3 is 40.0 Å². The third kappa shape index (κ3) is 34.1. The van der Waals surface area contributed by atoms with Crippen LogP contribution in [0.2, 0.25) is 0 Å². The number of unbranched alkanes of at least 4 members (excludes halogenated alkanes) is 18. The third-order valence-corrected chi connectivity index (χ3v) is 40.5. The Morgan fingerprint density at radius 2 is 0.561 bits per heavy atom. The minimum absolute atomic E-state index is 0.0833. The second-order valence-electron chi connectivity index (χ2n) is 37.7. The molecule has 4 aliphatic heterocycles. The Bertz CT molecular complexity index is 5770. The molecule has 8 bridgehead atoms. The van der Waals surface area contributed by atoms with E-state index in [1.54, 1.807) is 88.6 Å². The standard InChI is InChI=1S/C69H81N9O9S6.C24H36N6O6.C15H15NOS2/c70-46-67(55-25-28-58(37-55)91-67)88-43-52-19-13-49(14-20-52)40-85-61(79)73-31-7-1-4-10-34-76-64(82)77(35-11-5-2-8-32-74-62(80)86-41-50-15-21-53(22-16-50)44-89-68(47-71)56-26-29-59(38-56)92-68)66(84)78(65(76)83)36-12-6-3-9-33-75-63(81)87-42-51-17-23-54(24-18-51)45-90-69(48-72)57-27-30-60(39-57)93-69;25-19-36-18-12-6-5-11-17-30-23(34)28(15-9-3-1-7-13-26-20-31)22(33)29(24(30)35)16-10-4-2-8-14-27-21-32;16-10-15(13-5-6-14(7-13)19-15)18-9-12-3-1-11(8-17)2-4-12/h13-30,55-60H,1-12,31-45H2,(H,73,79)(H,74,80)(H,75,81);1-18H2;1-6,13-14,17H,7-9H2. The minimum atomic E-state index is -0.640. The quantitative estimate of drug-likeness (QED) is 0.00688. The number of aliphatic hydroxyl groups is 1. The van der Waals surface area contributed by atoms with Crippen molar-refractivity contribution in [1.29, 1.82) is 26.3 Å². The Balaban J connectivity index is 0.000000286. The van der Waals surface area contributed by atoms with E-state index in [2.05, 4.69) is 104 Å². The van der Waals surface area contributed by atoms with Gasteiger partial charge in [0, 0.05) is 127 Å². The van der Waals surface area contributed by atoms with Crippen LogP contribution in [0.25, 0.3) is 0 Å². The van der Waals surface area contributed by atoms with Crippen LogP contribution in [-0.2, 0) is 117 Å². The predicted octanol–water partition coefficient (Wildman–Crippen LogP) is 18.4. The zero-order valence-electron chi connectivity index (χ0n) is 83.6. The normalized spacial score (nSPS) is 21.6. The molecular formula is C108H132N16O16S8. The molecule has 4 aliphatic carbocycles. The molecule has 0 saturated carbocycles. The molecule has 12 unspecified atom stereocenters. The highest BCUT2D eigenvalue weighted by molar-refractivity contribution is 8.20. The van der Waals surface area contributed by atoms with E-state index in [1.807, 2.05) is 109 Å². The summed E-state index contributed by atoms with van der Waals surface area (Å²) in [4.78, 5) is 146. The number of carbonyl (C=O) groups is 3. The fraction of sp³-hybridized carbons (Fsp3) is 0.556. The average Bonchev–Trinajstić information content (AvgIpc) is 1.68. The van der Waals surface area contributed by atoms with E-state index in [-0.39, 0.29) is 87.5 Å². The van der Waals surface area contributed by atoms with Gasteiger partial charge in [0.1, 0.15) is 26.4 Å². The van der Waals surface area contributed by atoms with Gasteiger partial charge in [-0.15, -0.1) is 94.1 Å². The summed E-state index contributed by atoms with van der Waals surface area (Å²) >= 11 is 13.9. The second-order valence-corrected chi connectivity index (χ2v) is 49.6. The number of nitrogens with zero attached hydrogens (tertiary/aromatic N) is 13. The van der Waals surface area contributed by atoms with Crippen LogP contribution in [0.3, 0.4) is 0 Å². The molecule has 4 aromatic carbocycles. The first-order chi connectivity index (χ1) is 72.1. The summed E-state index contributed by atoms with van der Waals surface area (Å²) in [5, 5.41) is 67.1. The lowest BCUT2D eigenvalue weighted by molar-refractivity contribution is 0.138. The molecule has 12 atom stereocenters. The summed E-state index contributed by atoms with van der Waals surface area (Å²) in [6.07, 6.45) is 41.2. The smallest absolute Gasteiger partial charge is 0.407 e. The van der Waals surface area contributed by atoms with E-state index in [4.69, 9.17) is 24.6 Å². The number of amides is 3. The summed E-state index contributed by atoms with van der Waals surface area (Å²) in [6.45, 7) is 3.82. The van der Waals surface area contributed by atoms with Gasteiger partial charge in [-0.25, -0.2) is 90.1 Å². The molecule has 2 aromatic heterocycles. The predicted molar refractivity (Wildman–Crippen MR) is 586 cm³/mol. The highest BCUT2D eigenvalue weighted by Crippen LogP contribution is 2.62. The molecule has 40 heteroatoms. The summed E-state index contributed by atoms with van der Waals surface area (Å²) < 4.78 is 26.4. The number of nitriles is 5. The van der Waals surface area contributed by atoms with E-state index in [9.17, 15) is 73.8 Å². The number of alkyl carbamates (subject to hydrolysis) is 3. The molecule has 0 radical (unpaired) electrons. The van der Waals surface area contributed by atoms with Gasteiger partial charge >= 0.3 is 52.4 Å². The van der Waals surface area contributed by atoms with Crippen molar-refractivity contribution in [3.05, 3.63) is 253 Å². The number of aromatic nitrogens is 6. The van der Waals surface area contributed by atoms with Crippen LogP contribution in [0.1, 0.15) is 224 Å². The first kappa shape index (κ1) is 116. The molecule has 4 N–H and O–H groups in total. The topological polar surface area (TPSA) is 454 Å². The Morgan fingerprint density at radius 1 is 0.331 bits per heavy atom. The minimum Gasteiger partial charge on any atom is -0.445 e. The first-order valence-corrected chi connectivity index (χ1v) is 58.8. The number of allylic oxidation sites excluding steroid dienone is 4. The Labute approximate surface area is 897 Å². The maximum atomic E-state index is 13.9. The van der Waals surface area contributed by atoms with Crippen molar-refractivity contribution >= 4 is 125 Å². The number of nitrogens with one attached hydrogen (secondary N) is 3. The lowest BCUT2D eigenvalue weighted by Crippen LogP contribution is -2.54. The number of carbonyl (C=O) groups excluding carboxylic acids is 5. The van der Waals surface area contributed by atoms with Crippen LogP contribution in [-0.4, -0.2) is 140 Å². The molecule has 14 rings (SSSR count). The summed E-state index contributed by atoms with van der Waals surface area (Å²) in [5.41, 5.74) is 4.36. The van der Waals surface area contributed by atoms with Crippen molar-refractivity contribution in [3.63, 3.8) is 0 Å². The maximum Gasteiger partial charge on any atom is 0.407 e. The highest BCUT2D eigenvalue weighted by atomic mass is 32.2. The summed E-state index contributed by atoms with van der Waals surface area (Å²) in [5.74, 6) is 4.27. The second kappa shape index (κ2) is 60.9. The van der Waals surface area contributed by atoms with Crippen LogP contribution in [0.4, 0.5) is 14.4 Å². The number of aliphatic hydroxyl groups excluding tert-OH is 1. The zero-order valence-corrected chi connectivity index (χ0v) is 90.1. The van der Waals surface area contributed by atoms with Crippen molar-refractivity contribution in [2.45, 2.75) is 306 Å². The van der Waals surface area contributed by atoms with Gasteiger partial charge in [-0.2, -0.15) is 26.3 Å². The Kier molecular flexibility index (Phi) is 47.7. The molecular weight excluding hydrogens is 2030 g/mol. The molecule has 4 saturated heterocycles. The SMILES string of the molecule is N#CC1(SCc2ccc(CO)cc2)SC2C=CC1C2.N#CC1(SCc2ccc(COC(=O)NCCCCCCn3c(=O)n(CCCCCCNC(=O)OCc4ccc(CSC5(C#N)SC6C=CC5C6)cc4)c(=O)n(CCCCCCNC(=O)OCc4ccc(CSC5(C#N)SC6C=CC5C6)cc4)c3=O)cc2)SC2C=CC1C2.N#COCCCCCCn1c(=O)n(CCCCCCN=C=O)c(=O)n(CCCCCCN=C=O)c1=O. The van der Waals surface area contributed by atoms with Gasteiger partial charge in [-0.3, -0.25) is 0 Å². The molecule has 6 aromatic rings. The van der Waals surface area contributed by atoms with E-state index < -0.39 is 64.7 Å². The van der Waals surface area contributed by atoms with Crippen LogP contribution >= 0.6 is 94.1 Å². The van der Waals surface area contributed by atoms with Crippen molar-refractivity contribution in [2.24, 2.45) is 33.7 Å². The molecule has 148 heavy (non-hydrogen) atoms. The van der Waals surface area contributed by atoms with Crippen LogP contribution in [0.5, 0.6) is 0 Å². The average molecular weight is 2170 g/mol. The first-order valence-electron chi connectivity index (χ1n) is 51.4. The van der Waals surface area contributed by atoms with E-state index in [0.717, 1.165) is 186 Å². The number of benzene rings is 4. The zero-order chi connectivity index (χ0) is 105. The molecule has 8 aliphatic rings. The van der Waals surface area contributed by atoms with E-state index in [0.29, 0.717) is 150 Å². The van der Waals surface area contributed by atoms with Crippen molar-refractivity contribution < 1.29 is 48.0 Å². The molecule has 32 nitrogen and oxygen atoms in total. The van der Waals surface area contributed by atoms with Crippen LogP contribution in [0, 0.1) is 80.5 Å². The van der Waals surface area contributed by atoms with Gasteiger partial charge in [0.25, 0.3) is 6.26 Å². The van der Waals surface area contributed by atoms with Crippen molar-refractivity contribution in [3.8, 4) is 30.5 Å². The monoisotopic (exact) mass is 2160 g/mol. The molecule has 4 fully saturated rings. The number of hydrogen-bond donors (Lipinski definition) is 4. The van der Waals surface area contributed by atoms with E-state index in [1.165, 1.54) is 17.7 Å². The number of aliphatic imine (C=N–C) groups is 2. The van der Waals surface area contributed by atoms with E-state index >= 15 is 0 Å². The molecule has 6 heterocycles.